The van der Waals surface area contributed by atoms with E-state index in [1.165, 1.54) is 77.0 Å². The molecule has 1 saturated heterocycles. The van der Waals surface area contributed by atoms with Gasteiger partial charge in [0, 0.05) is 6.61 Å². The fourth-order valence-electron chi connectivity index (χ4n) is 5.35. The molecule has 1 atom stereocenters. The minimum Gasteiger partial charge on any atom is -0.378 e. The quantitative estimate of drug-likeness (QED) is 0.0846. The fraction of sp³-hybridized carbons (Fsp3) is 1.00. The summed E-state index contributed by atoms with van der Waals surface area (Å²) in [6.07, 6.45) is 20.9. The van der Waals surface area contributed by atoms with Crippen LogP contribution in [-0.2, 0) is 27.8 Å². The van der Waals surface area contributed by atoms with E-state index in [0.717, 1.165) is 49.9 Å². The smallest absolute Gasteiger partial charge is 0.378 e. The van der Waals surface area contributed by atoms with Crippen LogP contribution in [-0.4, -0.2) is 87.9 Å². The summed E-state index contributed by atoms with van der Waals surface area (Å²) in [5, 5.41) is 0. The number of hydrogen-bond donors (Lipinski definition) is 1. The van der Waals surface area contributed by atoms with Gasteiger partial charge in [-0.3, -0.25) is 9.05 Å². The van der Waals surface area contributed by atoms with Crippen LogP contribution in [0.3, 0.4) is 0 Å². The highest BCUT2D eigenvalue weighted by molar-refractivity contribution is 7.47. The van der Waals surface area contributed by atoms with E-state index in [1.54, 1.807) is 0 Å². The second kappa shape index (κ2) is 20.8. The highest BCUT2D eigenvalue weighted by atomic mass is 31.2. The predicted octanol–water partition coefficient (Wildman–Crippen LogP) is 6.64. The van der Waals surface area contributed by atoms with Gasteiger partial charge < -0.3 is 23.6 Å². The van der Waals surface area contributed by atoms with Crippen molar-refractivity contribution in [3.8, 4) is 0 Å². The maximum absolute atomic E-state index is 12.1. The average molecular weight is 565 g/mol. The lowest BCUT2D eigenvalue weighted by atomic mass is 9.95. The average Bonchev–Trinajstić information content (AvgIpc) is 2.90. The summed E-state index contributed by atoms with van der Waals surface area (Å²) in [6.45, 7) is 7.57. The van der Waals surface area contributed by atoms with Gasteiger partial charge in [-0.25, -0.2) is 4.57 Å². The number of hydrogen-bond acceptors (Lipinski definition) is 6. The first-order chi connectivity index (χ1) is 18.4. The van der Waals surface area contributed by atoms with Gasteiger partial charge in [0.05, 0.1) is 45.7 Å². The topological polar surface area (TPSA) is 83.5 Å². The summed E-state index contributed by atoms with van der Waals surface area (Å²) in [4.78, 5) is 9.92. The van der Waals surface area contributed by atoms with Crippen LogP contribution in [0.2, 0.25) is 0 Å². The van der Waals surface area contributed by atoms with Crippen molar-refractivity contribution in [1.29, 1.82) is 0 Å². The summed E-state index contributed by atoms with van der Waals surface area (Å²) in [6, 6.07) is 0. The number of unbranched alkanes of at least 4 members (excludes halogenated alkanes) is 11. The van der Waals surface area contributed by atoms with Crippen LogP contribution in [0.4, 0.5) is 0 Å². The summed E-state index contributed by atoms with van der Waals surface area (Å²) in [7, 11) is -1.93. The molecule has 0 amide bonds. The maximum Gasteiger partial charge on any atom is 0.472 e. The summed E-state index contributed by atoms with van der Waals surface area (Å²) >= 11 is 0. The number of likely N-dealkylation sites (N-methyl/N-ethyl adjacent to an activating group) is 1. The third kappa shape index (κ3) is 16.9. The Labute approximate surface area is 233 Å². The zero-order valence-corrected chi connectivity index (χ0v) is 25.5. The van der Waals surface area contributed by atoms with Gasteiger partial charge in [-0.15, -0.1) is 0 Å². The number of quaternary nitrogens is 1. The van der Waals surface area contributed by atoms with Crippen LogP contribution >= 0.6 is 7.82 Å². The minimum atomic E-state index is -4.04. The lowest BCUT2D eigenvalue weighted by Gasteiger charge is -2.37. The Hall–Kier alpha value is -0.0500. The van der Waals surface area contributed by atoms with Crippen molar-refractivity contribution in [3.05, 3.63) is 0 Å². The Kier molecular flexibility index (Phi) is 18.7. The van der Waals surface area contributed by atoms with Crippen molar-refractivity contribution in [2.75, 3.05) is 66.3 Å². The Morgan fingerprint density at radius 3 is 1.74 bits per heavy atom. The molecule has 0 spiro atoms. The molecule has 0 radical (unpaired) electrons. The van der Waals surface area contributed by atoms with E-state index in [2.05, 4.69) is 14.0 Å². The van der Waals surface area contributed by atoms with Gasteiger partial charge >= 0.3 is 7.82 Å². The Bertz CT molecular complexity index is 610. The van der Waals surface area contributed by atoms with Crippen LogP contribution in [0.1, 0.15) is 110 Å². The first-order valence-corrected chi connectivity index (χ1v) is 17.2. The normalized spacial score (nSPS) is 23.3. The van der Waals surface area contributed by atoms with E-state index in [9.17, 15) is 9.46 Å². The van der Waals surface area contributed by atoms with Gasteiger partial charge in [-0.05, 0) is 32.1 Å². The van der Waals surface area contributed by atoms with Crippen LogP contribution < -0.4 is 0 Å². The van der Waals surface area contributed by atoms with Crippen LogP contribution in [0, 0.1) is 0 Å². The minimum absolute atomic E-state index is 0.0587. The van der Waals surface area contributed by atoms with Crippen LogP contribution in [0.15, 0.2) is 0 Å². The molecule has 1 unspecified atom stereocenters. The van der Waals surface area contributed by atoms with Crippen molar-refractivity contribution in [2.45, 2.75) is 122 Å². The molecular weight excluding hydrogens is 505 g/mol. The Morgan fingerprint density at radius 1 is 0.711 bits per heavy atom. The molecule has 0 aromatic carbocycles. The Morgan fingerprint density at radius 2 is 1.18 bits per heavy atom. The van der Waals surface area contributed by atoms with Gasteiger partial charge in [-0.1, -0.05) is 77.6 Å². The highest BCUT2D eigenvalue weighted by Gasteiger charge is 2.28. The molecule has 0 bridgehead atoms. The Balaban J connectivity index is 1.36. The molecular formula is C29H59NO7P+. The zero-order chi connectivity index (χ0) is 27.4. The number of phosphoric ester groups is 1. The number of morpholine rings is 1. The second-order valence-corrected chi connectivity index (χ2v) is 13.0. The molecule has 2 aliphatic rings. The molecule has 0 aromatic rings. The van der Waals surface area contributed by atoms with Gasteiger partial charge in [0.25, 0.3) is 0 Å². The lowest BCUT2D eigenvalue weighted by molar-refractivity contribution is -0.916. The molecule has 1 heterocycles. The van der Waals surface area contributed by atoms with Crippen LogP contribution in [0.25, 0.3) is 0 Å². The van der Waals surface area contributed by atoms with E-state index in [1.807, 2.05) is 0 Å². The van der Waals surface area contributed by atoms with Gasteiger partial charge in [0.2, 0.25) is 0 Å². The van der Waals surface area contributed by atoms with E-state index in [4.69, 9.17) is 23.3 Å². The largest absolute Gasteiger partial charge is 0.472 e. The SMILES string of the molecule is CCCCCCCCCCCCCCOC1CCC(OCCOP(=O)(O)OCC[N+]2(C)CCOCC2)CC1. The molecule has 2 rings (SSSR count). The molecule has 8 nitrogen and oxygen atoms in total. The third-order valence-electron chi connectivity index (χ3n) is 8.10. The van der Waals surface area contributed by atoms with E-state index in [-0.39, 0.29) is 19.3 Å². The third-order valence-corrected chi connectivity index (χ3v) is 9.12. The molecule has 226 valence electrons. The van der Waals surface area contributed by atoms with Crippen LogP contribution in [0.5, 0.6) is 0 Å². The standard InChI is InChI=1S/C29H58NO7P/c1-3-4-5-6-7-8-9-10-11-12-13-14-22-34-28-15-17-29(18-16-28)35-26-27-37-38(31,32)36-25-21-30(2)19-23-33-24-20-30/h28-29H,3-27H2,1-2H3/p+1. The number of phosphoric acid groups is 1. The fourth-order valence-corrected chi connectivity index (χ4v) is 6.04. The molecule has 1 aliphatic heterocycles. The molecule has 1 saturated carbocycles. The van der Waals surface area contributed by atoms with Crippen molar-refractivity contribution < 1.29 is 37.2 Å². The number of rotatable bonds is 23. The molecule has 0 aromatic heterocycles. The monoisotopic (exact) mass is 564 g/mol. The van der Waals surface area contributed by atoms with Gasteiger partial charge in [-0.2, -0.15) is 0 Å². The first kappa shape index (κ1) is 34.2. The molecule has 9 heteroatoms. The lowest BCUT2D eigenvalue weighted by Crippen LogP contribution is -2.53. The molecule has 38 heavy (non-hydrogen) atoms. The highest BCUT2D eigenvalue weighted by Crippen LogP contribution is 2.43. The molecule has 1 N–H and O–H groups in total. The van der Waals surface area contributed by atoms with Crippen molar-refractivity contribution in [3.63, 3.8) is 0 Å². The van der Waals surface area contributed by atoms with Crippen molar-refractivity contribution in [2.24, 2.45) is 0 Å². The second-order valence-electron chi connectivity index (χ2n) is 11.6. The van der Waals surface area contributed by atoms with Crippen molar-refractivity contribution >= 4 is 7.82 Å². The number of nitrogens with zero attached hydrogens (tertiary/aromatic N) is 1. The van der Waals surface area contributed by atoms with E-state index in [0.29, 0.717) is 32.5 Å². The summed E-state index contributed by atoms with van der Waals surface area (Å²) in [5.74, 6) is 0. The van der Waals surface area contributed by atoms with Crippen molar-refractivity contribution in [1.82, 2.24) is 0 Å². The van der Waals surface area contributed by atoms with E-state index >= 15 is 0 Å². The van der Waals surface area contributed by atoms with Gasteiger partial charge in [0.1, 0.15) is 26.2 Å². The maximum atomic E-state index is 12.1. The summed E-state index contributed by atoms with van der Waals surface area (Å²) < 4.78 is 40.5. The first-order valence-electron chi connectivity index (χ1n) is 15.7. The molecule has 2 fully saturated rings. The predicted molar refractivity (Wildman–Crippen MR) is 152 cm³/mol. The zero-order valence-electron chi connectivity index (χ0n) is 24.6. The summed E-state index contributed by atoms with van der Waals surface area (Å²) in [5.41, 5.74) is 0. The molecule has 1 aliphatic carbocycles. The van der Waals surface area contributed by atoms with Gasteiger partial charge in [0.15, 0.2) is 0 Å². The van der Waals surface area contributed by atoms with E-state index < -0.39 is 7.82 Å². The number of ether oxygens (including phenoxy) is 3.